The van der Waals surface area contributed by atoms with Crippen LogP contribution in [0.15, 0.2) is 12.0 Å². The summed E-state index contributed by atoms with van der Waals surface area (Å²) in [6.45, 7) is 3.52. The maximum Gasteiger partial charge on any atom is 0.241 e. The fraction of sp³-hybridized carbons (Fsp3) is 0.750. The summed E-state index contributed by atoms with van der Waals surface area (Å²) in [6.07, 6.45) is -1.89. The molecule has 0 aromatic heterocycles. The minimum atomic E-state index is -3.42. The van der Waals surface area contributed by atoms with E-state index in [1.54, 1.807) is 0 Å². The van der Waals surface area contributed by atoms with E-state index >= 15 is 0 Å². The van der Waals surface area contributed by atoms with Crippen LogP contribution in [0.1, 0.15) is 12.8 Å². The molecule has 0 aromatic rings. The third kappa shape index (κ3) is 2.51. The summed E-state index contributed by atoms with van der Waals surface area (Å²) >= 11 is 0. The third-order valence-electron chi connectivity index (χ3n) is 2.43. The van der Waals surface area contributed by atoms with E-state index in [0.717, 1.165) is 5.41 Å². The molecular formula is C8H13F2NO2S. The number of piperidine rings is 1. The van der Waals surface area contributed by atoms with Gasteiger partial charge in [-0.2, -0.15) is 4.31 Å². The number of hydrogen-bond acceptors (Lipinski definition) is 2. The lowest BCUT2D eigenvalue weighted by Crippen LogP contribution is -2.38. The van der Waals surface area contributed by atoms with E-state index in [-0.39, 0.29) is 25.9 Å². The molecule has 1 aliphatic rings. The van der Waals surface area contributed by atoms with Crippen molar-refractivity contribution in [1.29, 1.82) is 0 Å². The van der Waals surface area contributed by atoms with Gasteiger partial charge in [0, 0.05) is 24.4 Å². The van der Waals surface area contributed by atoms with Gasteiger partial charge in [-0.05, 0) is 12.8 Å². The number of nitrogens with zero attached hydrogens (tertiary/aromatic N) is 1. The van der Waals surface area contributed by atoms with Crippen molar-refractivity contribution in [2.45, 2.75) is 19.3 Å². The summed E-state index contributed by atoms with van der Waals surface area (Å²) < 4.78 is 48.2. The topological polar surface area (TPSA) is 37.4 Å². The summed E-state index contributed by atoms with van der Waals surface area (Å²) in [5, 5.41) is 0.857. The van der Waals surface area contributed by atoms with Gasteiger partial charge in [0.2, 0.25) is 16.4 Å². The Morgan fingerprint density at radius 3 is 2.21 bits per heavy atom. The van der Waals surface area contributed by atoms with Crippen molar-refractivity contribution >= 4 is 10.0 Å². The molecule has 1 saturated heterocycles. The number of hydrogen-bond donors (Lipinski definition) is 0. The molecule has 0 saturated carbocycles. The first-order chi connectivity index (χ1) is 6.47. The van der Waals surface area contributed by atoms with Crippen molar-refractivity contribution < 1.29 is 17.2 Å². The molecule has 0 atom stereocenters. The Morgan fingerprint density at radius 2 is 1.86 bits per heavy atom. The summed E-state index contributed by atoms with van der Waals surface area (Å²) in [4.78, 5) is 0. The Labute approximate surface area is 82.5 Å². The van der Waals surface area contributed by atoms with Gasteiger partial charge in [-0.15, -0.1) is 0 Å². The predicted molar refractivity (Wildman–Crippen MR) is 49.4 cm³/mol. The van der Waals surface area contributed by atoms with E-state index in [9.17, 15) is 17.2 Å². The molecule has 1 rings (SSSR count). The quantitative estimate of drug-likeness (QED) is 0.728. The van der Waals surface area contributed by atoms with Gasteiger partial charge < -0.3 is 0 Å². The molecule has 0 unspecified atom stereocenters. The molecule has 82 valence electrons. The van der Waals surface area contributed by atoms with E-state index in [0.29, 0.717) is 0 Å². The molecule has 0 spiro atoms. The summed E-state index contributed by atoms with van der Waals surface area (Å²) in [6, 6.07) is 0. The van der Waals surface area contributed by atoms with Crippen LogP contribution >= 0.6 is 0 Å². The average Bonchev–Trinajstić information content (AvgIpc) is 2.18. The molecule has 0 bridgehead atoms. The van der Waals surface area contributed by atoms with E-state index in [4.69, 9.17) is 0 Å². The zero-order valence-corrected chi connectivity index (χ0v) is 8.51. The molecule has 0 N–H and O–H groups in total. The molecule has 0 aromatic carbocycles. The van der Waals surface area contributed by atoms with Crippen LogP contribution in [0.25, 0.3) is 0 Å². The van der Waals surface area contributed by atoms with Crippen LogP contribution in [0.2, 0.25) is 0 Å². The molecular weight excluding hydrogens is 212 g/mol. The van der Waals surface area contributed by atoms with Crippen LogP contribution in [0, 0.1) is 5.92 Å². The second-order valence-electron chi connectivity index (χ2n) is 3.28. The average molecular weight is 225 g/mol. The number of alkyl halides is 2. The second kappa shape index (κ2) is 4.35. The van der Waals surface area contributed by atoms with Gasteiger partial charge in [-0.1, -0.05) is 6.58 Å². The first-order valence-corrected chi connectivity index (χ1v) is 5.88. The fourth-order valence-corrected chi connectivity index (χ4v) is 2.42. The van der Waals surface area contributed by atoms with Gasteiger partial charge in [0.15, 0.2) is 0 Å². The van der Waals surface area contributed by atoms with Crippen molar-refractivity contribution in [1.82, 2.24) is 4.31 Å². The van der Waals surface area contributed by atoms with Crippen LogP contribution in [-0.4, -0.2) is 32.2 Å². The highest BCUT2D eigenvalue weighted by atomic mass is 32.2. The molecule has 6 heteroatoms. The first-order valence-electron chi connectivity index (χ1n) is 4.38. The van der Waals surface area contributed by atoms with Crippen LogP contribution in [0.5, 0.6) is 0 Å². The van der Waals surface area contributed by atoms with E-state index in [1.807, 2.05) is 0 Å². The van der Waals surface area contributed by atoms with E-state index in [2.05, 4.69) is 6.58 Å². The van der Waals surface area contributed by atoms with E-state index in [1.165, 1.54) is 4.31 Å². The second-order valence-corrected chi connectivity index (χ2v) is 5.16. The fourth-order valence-electron chi connectivity index (χ4n) is 1.49. The first kappa shape index (κ1) is 11.6. The molecule has 0 aliphatic carbocycles. The zero-order valence-electron chi connectivity index (χ0n) is 7.70. The Kier molecular flexibility index (Phi) is 3.60. The van der Waals surface area contributed by atoms with Crippen molar-refractivity contribution in [3.63, 3.8) is 0 Å². The van der Waals surface area contributed by atoms with Gasteiger partial charge in [0.05, 0.1) is 0 Å². The SMILES string of the molecule is C=CS(=O)(=O)N1CCC(C(F)F)CC1. The Balaban J connectivity index is 2.56. The highest BCUT2D eigenvalue weighted by Crippen LogP contribution is 2.25. The zero-order chi connectivity index (χ0) is 10.8. The molecule has 14 heavy (non-hydrogen) atoms. The monoisotopic (exact) mass is 225 g/mol. The van der Waals surface area contributed by atoms with Crippen LogP contribution in [-0.2, 0) is 10.0 Å². The third-order valence-corrected chi connectivity index (χ3v) is 3.93. The lowest BCUT2D eigenvalue weighted by atomic mass is 9.99. The highest BCUT2D eigenvalue weighted by Gasteiger charge is 2.30. The van der Waals surface area contributed by atoms with Crippen LogP contribution in [0.3, 0.4) is 0 Å². The summed E-state index contributed by atoms with van der Waals surface area (Å²) in [5.41, 5.74) is 0. The number of sulfonamides is 1. The Bertz CT molecular complexity index is 294. The predicted octanol–water partition coefficient (Wildman–Crippen LogP) is 1.44. The molecule has 0 radical (unpaired) electrons. The minimum absolute atomic E-state index is 0.170. The molecule has 3 nitrogen and oxygen atoms in total. The normalized spacial score (nSPS) is 21.4. The van der Waals surface area contributed by atoms with Gasteiger partial charge in [0.25, 0.3) is 0 Å². The standard InChI is InChI=1S/C8H13F2NO2S/c1-2-14(12,13)11-5-3-7(4-6-11)8(9)10/h2,7-8H,1,3-6H2. The molecule has 0 amide bonds. The van der Waals surface area contributed by atoms with Crippen LogP contribution in [0.4, 0.5) is 8.78 Å². The lowest BCUT2D eigenvalue weighted by molar-refractivity contribution is 0.0492. The van der Waals surface area contributed by atoms with Gasteiger partial charge in [0.1, 0.15) is 0 Å². The smallest absolute Gasteiger partial charge is 0.210 e. The van der Waals surface area contributed by atoms with Gasteiger partial charge >= 0.3 is 0 Å². The Hall–Kier alpha value is -0.490. The molecule has 1 aliphatic heterocycles. The summed E-state index contributed by atoms with van der Waals surface area (Å²) in [5.74, 6) is -0.661. The number of rotatable bonds is 3. The van der Waals surface area contributed by atoms with E-state index < -0.39 is 22.4 Å². The van der Waals surface area contributed by atoms with Crippen molar-refractivity contribution in [3.05, 3.63) is 12.0 Å². The maximum absolute atomic E-state index is 12.2. The molecule has 1 heterocycles. The lowest BCUT2D eigenvalue weighted by Gasteiger charge is -2.29. The van der Waals surface area contributed by atoms with Gasteiger partial charge in [-0.3, -0.25) is 0 Å². The summed E-state index contributed by atoms with van der Waals surface area (Å²) in [7, 11) is -3.42. The van der Waals surface area contributed by atoms with Gasteiger partial charge in [-0.25, -0.2) is 17.2 Å². The highest BCUT2D eigenvalue weighted by molar-refractivity contribution is 7.92. The molecule has 1 fully saturated rings. The van der Waals surface area contributed by atoms with Crippen molar-refractivity contribution in [2.24, 2.45) is 5.92 Å². The Morgan fingerprint density at radius 1 is 1.36 bits per heavy atom. The van der Waals surface area contributed by atoms with Crippen molar-refractivity contribution in [2.75, 3.05) is 13.1 Å². The minimum Gasteiger partial charge on any atom is -0.210 e. The number of halogens is 2. The van der Waals surface area contributed by atoms with Crippen molar-refractivity contribution in [3.8, 4) is 0 Å². The van der Waals surface area contributed by atoms with Crippen LogP contribution < -0.4 is 0 Å². The largest absolute Gasteiger partial charge is 0.241 e. The maximum atomic E-state index is 12.2.